The Morgan fingerprint density at radius 2 is 0.976 bits per heavy atom. The van der Waals surface area contributed by atoms with Gasteiger partial charge in [0, 0.05) is 19.3 Å². The van der Waals surface area contributed by atoms with Crippen LogP contribution in [-0.2, 0) is 23.9 Å². The van der Waals surface area contributed by atoms with Crippen LogP contribution in [0.3, 0.4) is 0 Å². The van der Waals surface area contributed by atoms with Gasteiger partial charge in [-0.1, -0.05) is 117 Å². The number of ether oxygens (including phenoxy) is 2. The molecule has 1 unspecified atom stereocenters. The Kier molecular flexibility index (Phi) is 29.6. The molecule has 1 amide bonds. The van der Waals surface area contributed by atoms with E-state index in [4.69, 9.17) is 15.2 Å². The van der Waals surface area contributed by atoms with Crippen LogP contribution in [0.2, 0.25) is 0 Å². The summed E-state index contributed by atoms with van der Waals surface area (Å²) in [4.78, 5) is 39.1. The lowest BCUT2D eigenvalue weighted by atomic mass is 10.1. The Bertz CT molecular complexity index is 607. The third-order valence-electron chi connectivity index (χ3n) is 7.89. The average molecular weight is 599 g/mol. The fourth-order valence-electron chi connectivity index (χ4n) is 5.09. The molecule has 0 rings (SSSR count). The zero-order valence-electron chi connectivity index (χ0n) is 27.6. The number of amides is 1. The minimum Gasteiger partial charge on any atom is -0.464 e. The van der Waals surface area contributed by atoms with Crippen molar-refractivity contribution >= 4 is 17.8 Å². The number of hydrogen-bond acceptors (Lipinski definition) is 6. The van der Waals surface area contributed by atoms with Crippen LogP contribution in [0.25, 0.3) is 0 Å². The summed E-state index contributed by atoms with van der Waals surface area (Å²) < 4.78 is 10.9. The van der Waals surface area contributed by atoms with Gasteiger partial charge in [0.2, 0.25) is 0 Å². The molecule has 0 aromatic heterocycles. The molecule has 0 aromatic carbocycles. The van der Waals surface area contributed by atoms with Gasteiger partial charge in [0.15, 0.2) is 6.04 Å². The molecule has 0 saturated heterocycles. The summed E-state index contributed by atoms with van der Waals surface area (Å²) in [7, 11) is 0. The number of quaternary nitrogens is 1. The van der Waals surface area contributed by atoms with Crippen LogP contribution in [0.1, 0.15) is 162 Å². The van der Waals surface area contributed by atoms with Crippen LogP contribution in [0, 0.1) is 0 Å². The van der Waals surface area contributed by atoms with Crippen molar-refractivity contribution < 1.29 is 29.6 Å². The van der Waals surface area contributed by atoms with Crippen molar-refractivity contribution in [3.63, 3.8) is 0 Å². The van der Waals surface area contributed by atoms with Crippen LogP contribution in [-0.4, -0.2) is 61.6 Å². The minimum absolute atomic E-state index is 0.100. The maximum atomic E-state index is 13.1. The third kappa shape index (κ3) is 26.0. The van der Waals surface area contributed by atoms with Gasteiger partial charge in [0.25, 0.3) is 5.91 Å². The normalized spacial score (nSPS) is 11.8. The number of unbranched alkanes of at least 4 members (excludes halogenated alkanes) is 17. The Morgan fingerprint density at radius 1 is 0.595 bits per heavy atom. The van der Waals surface area contributed by atoms with Gasteiger partial charge in [-0.2, -0.15) is 0 Å². The molecule has 5 N–H and O–H groups in total. The molecule has 0 aliphatic carbocycles. The van der Waals surface area contributed by atoms with Crippen LogP contribution in [0.4, 0.5) is 0 Å². The maximum absolute atomic E-state index is 13.1. The predicted octanol–water partition coefficient (Wildman–Crippen LogP) is 6.48. The van der Waals surface area contributed by atoms with Gasteiger partial charge in [-0.15, -0.1) is 0 Å². The molecule has 0 aliphatic rings. The topological polar surface area (TPSA) is 127 Å². The highest BCUT2D eigenvalue weighted by molar-refractivity contribution is 5.80. The number of hydrogen-bond donors (Lipinski definition) is 2. The Morgan fingerprint density at radius 3 is 1.36 bits per heavy atom. The average Bonchev–Trinajstić information content (AvgIpc) is 2.98. The van der Waals surface area contributed by atoms with Crippen molar-refractivity contribution in [1.82, 2.24) is 4.90 Å². The molecule has 0 aliphatic heterocycles. The lowest BCUT2D eigenvalue weighted by molar-refractivity contribution is -0.407. The standard InChI is InChI=1S/C34H67N3O5/c1-3-5-7-9-11-13-15-17-19-24-32(38)41-29-27-37(34(40)31(36)23-21-22-26-35)28-30-42-33(39)25-20-18-16-14-12-10-8-6-4-2/h31H,3-30,35-36H2,1-2H3/p+1. The molecule has 0 bridgehead atoms. The van der Waals surface area contributed by atoms with E-state index in [1.165, 1.54) is 77.0 Å². The highest BCUT2D eigenvalue weighted by Crippen LogP contribution is 2.12. The molecular weight excluding hydrogens is 530 g/mol. The molecular formula is C34H68N3O5+. The smallest absolute Gasteiger partial charge is 0.305 e. The molecule has 0 fully saturated rings. The van der Waals surface area contributed by atoms with Crippen molar-refractivity contribution in [3.05, 3.63) is 0 Å². The monoisotopic (exact) mass is 599 g/mol. The molecule has 0 aromatic rings. The number of carbonyl (C=O) groups is 3. The largest absolute Gasteiger partial charge is 0.464 e. The van der Waals surface area contributed by atoms with Crippen molar-refractivity contribution in [2.24, 2.45) is 5.73 Å². The lowest BCUT2D eigenvalue weighted by Gasteiger charge is -2.24. The predicted molar refractivity (Wildman–Crippen MR) is 172 cm³/mol. The molecule has 248 valence electrons. The SMILES string of the molecule is CCCCCCCCCCCC(=O)OCCN(CCOC(=O)CCCCCCCCCCC)C(=O)C([NH3+])CCCCN. The first-order valence-corrected chi connectivity index (χ1v) is 17.6. The highest BCUT2D eigenvalue weighted by atomic mass is 16.5. The van der Waals surface area contributed by atoms with Crippen LogP contribution >= 0.6 is 0 Å². The van der Waals surface area contributed by atoms with Crippen molar-refractivity contribution in [1.29, 1.82) is 0 Å². The summed E-state index contributed by atoms with van der Waals surface area (Å²) in [5.74, 6) is -0.532. The van der Waals surface area contributed by atoms with Crippen molar-refractivity contribution in [2.75, 3.05) is 32.8 Å². The van der Waals surface area contributed by atoms with Crippen molar-refractivity contribution in [3.8, 4) is 0 Å². The van der Waals surface area contributed by atoms with E-state index in [0.717, 1.165) is 51.4 Å². The summed E-state index contributed by atoms with van der Waals surface area (Å²) in [5.41, 5.74) is 9.63. The first kappa shape index (κ1) is 40.3. The number of nitrogens with zero attached hydrogens (tertiary/aromatic N) is 1. The van der Waals surface area contributed by atoms with Gasteiger partial charge in [-0.3, -0.25) is 14.4 Å². The van der Waals surface area contributed by atoms with E-state index in [9.17, 15) is 14.4 Å². The summed E-state index contributed by atoms with van der Waals surface area (Å²) >= 11 is 0. The van der Waals surface area contributed by atoms with Gasteiger partial charge in [-0.25, -0.2) is 0 Å². The molecule has 8 heteroatoms. The van der Waals surface area contributed by atoms with Crippen molar-refractivity contribution in [2.45, 2.75) is 168 Å². The summed E-state index contributed by atoms with van der Waals surface area (Å²) in [6, 6.07) is -0.396. The van der Waals surface area contributed by atoms with E-state index >= 15 is 0 Å². The quantitative estimate of drug-likeness (QED) is 0.0694. The Hall–Kier alpha value is -1.67. The fraction of sp³-hybridized carbons (Fsp3) is 0.912. The zero-order chi connectivity index (χ0) is 31.1. The lowest BCUT2D eigenvalue weighted by Crippen LogP contribution is -2.68. The fourth-order valence-corrected chi connectivity index (χ4v) is 5.09. The molecule has 1 atom stereocenters. The Labute approximate surface area is 258 Å². The second kappa shape index (κ2) is 30.8. The van der Waals surface area contributed by atoms with E-state index in [-0.39, 0.29) is 44.1 Å². The van der Waals surface area contributed by atoms with Gasteiger partial charge in [-0.05, 0) is 32.2 Å². The van der Waals surface area contributed by atoms with Gasteiger partial charge < -0.3 is 25.8 Å². The molecule has 0 spiro atoms. The van der Waals surface area contributed by atoms with E-state index in [0.29, 0.717) is 25.8 Å². The van der Waals surface area contributed by atoms with E-state index in [1.54, 1.807) is 4.90 Å². The summed E-state index contributed by atoms with van der Waals surface area (Å²) in [6.07, 6.45) is 24.8. The minimum atomic E-state index is -0.396. The van der Waals surface area contributed by atoms with E-state index in [1.807, 2.05) is 0 Å². The molecule has 0 heterocycles. The first-order chi connectivity index (χ1) is 20.5. The third-order valence-corrected chi connectivity index (χ3v) is 7.89. The summed E-state index contributed by atoms with van der Waals surface area (Å²) in [5, 5.41) is 0. The zero-order valence-corrected chi connectivity index (χ0v) is 27.6. The van der Waals surface area contributed by atoms with E-state index < -0.39 is 6.04 Å². The number of carbonyl (C=O) groups excluding carboxylic acids is 3. The first-order valence-electron chi connectivity index (χ1n) is 17.6. The van der Waals surface area contributed by atoms with E-state index in [2.05, 4.69) is 19.6 Å². The highest BCUT2D eigenvalue weighted by Gasteiger charge is 2.24. The molecule has 42 heavy (non-hydrogen) atoms. The van der Waals surface area contributed by atoms with Crippen LogP contribution in [0.5, 0.6) is 0 Å². The second-order valence-electron chi connectivity index (χ2n) is 11.9. The van der Waals surface area contributed by atoms with Gasteiger partial charge in [0.05, 0.1) is 13.1 Å². The van der Waals surface area contributed by atoms with Gasteiger partial charge >= 0.3 is 11.9 Å². The summed E-state index contributed by atoms with van der Waals surface area (Å²) in [6.45, 7) is 5.90. The molecule has 0 saturated carbocycles. The number of esters is 2. The van der Waals surface area contributed by atoms with Gasteiger partial charge in [0.1, 0.15) is 13.2 Å². The number of nitrogens with two attached hydrogens (primary N) is 1. The Balaban J connectivity index is 4.29. The second-order valence-corrected chi connectivity index (χ2v) is 11.9. The number of rotatable bonds is 31. The van der Waals surface area contributed by atoms with Crippen LogP contribution in [0.15, 0.2) is 0 Å². The maximum Gasteiger partial charge on any atom is 0.305 e. The molecule has 8 nitrogen and oxygen atoms in total. The molecule has 0 radical (unpaired) electrons. The van der Waals surface area contributed by atoms with Crippen LogP contribution < -0.4 is 11.5 Å².